The van der Waals surface area contributed by atoms with Crippen LogP contribution in [0.1, 0.15) is 6.42 Å². The Balaban J connectivity index is 1.59. The molecule has 2 aliphatic rings. The highest BCUT2D eigenvalue weighted by Crippen LogP contribution is 2.04. The molecule has 0 aromatic heterocycles. The zero-order valence-corrected chi connectivity index (χ0v) is 14.7. The maximum absolute atomic E-state index is 12.2. The van der Waals surface area contributed by atoms with Gasteiger partial charge in [0.05, 0.1) is 26.3 Å². The molecule has 8 nitrogen and oxygen atoms in total. The van der Waals surface area contributed by atoms with Crippen LogP contribution in [-0.4, -0.2) is 112 Å². The first-order chi connectivity index (χ1) is 11.7. The minimum absolute atomic E-state index is 0.0592. The number of amides is 2. The molecule has 0 spiro atoms. The van der Waals surface area contributed by atoms with E-state index in [4.69, 9.17) is 9.47 Å². The lowest BCUT2D eigenvalue weighted by molar-refractivity contribution is -0.137. The van der Waals surface area contributed by atoms with Crippen LogP contribution in [0.15, 0.2) is 0 Å². The van der Waals surface area contributed by atoms with E-state index in [1.165, 1.54) is 0 Å². The largest absolute Gasteiger partial charge is 0.385 e. The van der Waals surface area contributed by atoms with Gasteiger partial charge in [0, 0.05) is 59.5 Å². The third-order valence-corrected chi connectivity index (χ3v) is 4.40. The smallest absolute Gasteiger partial charge is 0.236 e. The van der Waals surface area contributed by atoms with Crippen molar-refractivity contribution in [3.63, 3.8) is 0 Å². The van der Waals surface area contributed by atoms with E-state index in [0.717, 1.165) is 32.6 Å². The van der Waals surface area contributed by atoms with Crippen molar-refractivity contribution in [2.45, 2.75) is 6.42 Å². The number of methoxy groups -OCH3 is 1. The number of nitrogens with one attached hydrogen (secondary N) is 1. The van der Waals surface area contributed by atoms with Gasteiger partial charge in [-0.3, -0.25) is 19.4 Å². The fraction of sp³-hybridized carbons (Fsp3) is 0.875. The van der Waals surface area contributed by atoms with Gasteiger partial charge in [0.15, 0.2) is 0 Å². The Morgan fingerprint density at radius 2 is 1.62 bits per heavy atom. The van der Waals surface area contributed by atoms with Crippen molar-refractivity contribution in [3.8, 4) is 0 Å². The Morgan fingerprint density at radius 3 is 2.25 bits per heavy atom. The SMILES string of the molecule is COCCCNC(=O)CN1CCN(CC(=O)N2CCOCC2)CC1. The number of ether oxygens (including phenoxy) is 2. The quantitative estimate of drug-likeness (QED) is 0.548. The van der Waals surface area contributed by atoms with Crippen molar-refractivity contribution in [1.82, 2.24) is 20.0 Å². The van der Waals surface area contributed by atoms with Crippen molar-refractivity contribution in [2.75, 3.05) is 85.8 Å². The van der Waals surface area contributed by atoms with E-state index in [0.29, 0.717) is 52.5 Å². The topological polar surface area (TPSA) is 74.4 Å². The highest BCUT2D eigenvalue weighted by atomic mass is 16.5. The minimum Gasteiger partial charge on any atom is -0.385 e. The average Bonchev–Trinajstić information content (AvgIpc) is 2.61. The third kappa shape index (κ3) is 6.72. The third-order valence-electron chi connectivity index (χ3n) is 4.40. The molecule has 2 aliphatic heterocycles. The maximum atomic E-state index is 12.2. The Kier molecular flexibility index (Phi) is 8.44. The molecule has 0 aromatic carbocycles. The van der Waals surface area contributed by atoms with Gasteiger partial charge in [0.2, 0.25) is 11.8 Å². The molecule has 0 radical (unpaired) electrons. The molecule has 2 heterocycles. The average molecular weight is 342 g/mol. The van der Waals surface area contributed by atoms with Crippen LogP contribution < -0.4 is 5.32 Å². The molecule has 2 fully saturated rings. The van der Waals surface area contributed by atoms with E-state index >= 15 is 0 Å². The van der Waals surface area contributed by atoms with Crippen LogP contribution in [0.4, 0.5) is 0 Å². The number of nitrogens with zero attached hydrogens (tertiary/aromatic N) is 3. The number of carbonyl (C=O) groups is 2. The molecule has 2 rings (SSSR count). The molecule has 138 valence electrons. The normalized spacial score (nSPS) is 20.1. The van der Waals surface area contributed by atoms with E-state index in [1.54, 1.807) is 7.11 Å². The summed E-state index contributed by atoms with van der Waals surface area (Å²) in [7, 11) is 1.66. The molecule has 2 saturated heterocycles. The summed E-state index contributed by atoms with van der Waals surface area (Å²) >= 11 is 0. The predicted molar refractivity (Wildman–Crippen MR) is 89.8 cm³/mol. The van der Waals surface area contributed by atoms with Crippen LogP contribution in [0.2, 0.25) is 0 Å². The number of rotatable bonds is 8. The van der Waals surface area contributed by atoms with Crippen molar-refractivity contribution >= 4 is 11.8 Å². The summed E-state index contributed by atoms with van der Waals surface area (Å²) in [4.78, 5) is 30.3. The second-order valence-corrected chi connectivity index (χ2v) is 6.24. The Hall–Kier alpha value is -1.22. The second kappa shape index (κ2) is 10.6. The van der Waals surface area contributed by atoms with Crippen molar-refractivity contribution in [2.24, 2.45) is 0 Å². The zero-order chi connectivity index (χ0) is 17.2. The Labute approximate surface area is 144 Å². The lowest BCUT2D eigenvalue weighted by atomic mass is 10.3. The standard InChI is InChI=1S/C16H30N4O4/c1-23-10-2-3-17-15(21)13-18-4-6-19(7-5-18)14-16(22)20-8-11-24-12-9-20/h2-14H2,1H3,(H,17,21). The van der Waals surface area contributed by atoms with Crippen LogP contribution in [0.5, 0.6) is 0 Å². The van der Waals surface area contributed by atoms with E-state index < -0.39 is 0 Å². The molecule has 2 amide bonds. The van der Waals surface area contributed by atoms with Crippen LogP contribution in [0.3, 0.4) is 0 Å². The lowest BCUT2D eigenvalue weighted by Gasteiger charge is -2.35. The monoisotopic (exact) mass is 342 g/mol. The van der Waals surface area contributed by atoms with Gasteiger partial charge in [-0.25, -0.2) is 0 Å². The summed E-state index contributed by atoms with van der Waals surface area (Å²) in [5, 5.41) is 2.90. The van der Waals surface area contributed by atoms with Gasteiger partial charge in [-0.05, 0) is 6.42 Å². The lowest BCUT2D eigenvalue weighted by Crippen LogP contribution is -2.53. The molecular weight excluding hydrogens is 312 g/mol. The number of hydrogen-bond acceptors (Lipinski definition) is 6. The Bertz CT molecular complexity index is 394. The first-order valence-corrected chi connectivity index (χ1v) is 8.75. The van der Waals surface area contributed by atoms with Crippen molar-refractivity contribution in [3.05, 3.63) is 0 Å². The van der Waals surface area contributed by atoms with Gasteiger partial charge in [-0.15, -0.1) is 0 Å². The van der Waals surface area contributed by atoms with E-state index in [-0.39, 0.29) is 11.8 Å². The highest BCUT2D eigenvalue weighted by Gasteiger charge is 2.23. The first-order valence-electron chi connectivity index (χ1n) is 8.75. The summed E-state index contributed by atoms with van der Waals surface area (Å²) in [5.41, 5.74) is 0. The summed E-state index contributed by atoms with van der Waals surface area (Å²) < 4.78 is 10.2. The van der Waals surface area contributed by atoms with Crippen molar-refractivity contribution < 1.29 is 19.1 Å². The Morgan fingerprint density at radius 1 is 1.00 bits per heavy atom. The molecule has 0 aliphatic carbocycles. The van der Waals surface area contributed by atoms with Gasteiger partial charge < -0.3 is 19.7 Å². The fourth-order valence-corrected chi connectivity index (χ4v) is 2.91. The first kappa shape index (κ1) is 19.1. The molecule has 24 heavy (non-hydrogen) atoms. The molecule has 0 unspecified atom stereocenters. The number of morpholine rings is 1. The zero-order valence-electron chi connectivity index (χ0n) is 14.7. The van der Waals surface area contributed by atoms with Crippen LogP contribution in [0.25, 0.3) is 0 Å². The maximum Gasteiger partial charge on any atom is 0.236 e. The van der Waals surface area contributed by atoms with E-state index in [2.05, 4.69) is 15.1 Å². The number of piperazine rings is 1. The molecular formula is C16H30N4O4. The predicted octanol–water partition coefficient (Wildman–Crippen LogP) is -1.38. The molecule has 0 atom stereocenters. The van der Waals surface area contributed by atoms with Gasteiger partial charge in [-0.1, -0.05) is 0 Å². The van der Waals surface area contributed by atoms with Crippen LogP contribution >= 0.6 is 0 Å². The summed E-state index contributed by atoms with van der Waals surface area (Å²) in [6.45, 7) is 8.18. The van der Waals surface area contributed by atoms with Gasteiger partial charge in [-0.2, -0.15) is 0 Å². The molecule has 8 heteroatoms. The number of hydrogen-bond donors (Lipinski definition) is 1. The van der Waals surface area contributed by atoms with Crippen molar-refractivity contribution in [1.29, 1.82) is 0 Å². The molecule has 1 N–H and O–H groups in total. The van der Waals surface area contributed by atoms with E-state index in [9.17, 15) is 9.59 Å². The minimum atomic E-state index is 0.0592. The summed E-state index contributed by atoms with van der Waals surface area (Å²) in [6.07, 6.45) is 0.833. The van der Waals surface area contributed by atoms with Crippen LogP contribution in [-0.2, 0) is 19.1 Å². The van der Waals surface area contributed by atoms with Gasteiger partial charge in [0.25, 0.3) is 0 Å². The van der Waals surface area contributed by atoms with Crippen LogP contribution in [0, 0.1) is 0 Å². The van der Waals surface area contributed by atoms with E-state index in [1.807, 2.05) is 4.90 Å². The number of carbonyl (C=O) groups excluding carboxylic acids is 2. The molecule has 0 saturated carbocycles. The molecule has 0 bridgehead atoms. The highest BCUT2D eigenvalue weighted by molar-refractivity contribution is 5.78. The summed E-state index contributed by atoms with van der Waals surface area (Å²) in [5.74, 6) is 0.242. The van der Waals surface area contributed by atoms with Gasteiger partial charge in [0.1, 0.15) is 0 Å². The van der Waals surface area contributed by atoms with Gasteiger partial charge >= 0.3 is 0 Å². The molecule has 0 aromatic rings. The second-order valence-electron chi connectivity index (χ2n) is 6.24. The summed E-state index contributed by atoms with van der Waals surface area (Å²) in [6, 6.07) is 0. The fourth-order valence-electron chi connectivity index (χ4n) is 2.91.